The highest BCUT2D eigenvalue weighted by atomic mass is 35.5. The van der Waals surface area contributed by atoms with E-state index in [9.17, 15) is 4.39 Å². The van der Waals surface area contributed by atoms with Gasteiger partial charge < -0.3 is 5.73 Å². The summed E-state index contributed by atoms with van der Waals surface area (Å²) >= 11 is 5.98. The Hall–Kier alpha value is -1.55. The molecule has 0 aliphatic rings. The van der Waals surface area contributed by atoms with E-state index in [2.05, 4.69) is 5.10 Å². The van der Waals surface area contributed by atoms with Gasteiger partial charge in [0, 0.05) is 0 Å². The second-order valence-electron chi connectivity index (χ2n) is 3.96. The molecule has 3 nitrogen and oxygen atoms in total. The van der Waals surface area contributed by atoms with Gasteiger partial charge in [0.1, 0.15) is 16.7 Å². The molecular weight excluding hydrogens is 241 g/mol. The van der Waals surface area contributed by atoms with Crippen LogP contribution in [-0.4, -0.2) is 9.78 Å². The number of aromatic nitrogens is 2. The first kappa shape index (κ1) is 11.9. The molecule has 0 bridgehead atoms. The maximum absolute atomic E-state index is 13.1. The third kappa shape index (κ3) is 2.13. The zero-order valence-electron chi connectivity index (χ0n) is 9.61. The molecule has 0 spiro atoms. The largest absolute Gasteiger partial charge is 0.383 e. The molecular formula is C12H13ClFN3. The molecule has 1 aromatic heterocycles. The van der Waals surface area contributed by atoms with E-state index >= 15 is 0 Å². The van der Waals surface area contributed by atoms with Gasteiger partial charge in [-0.3, -0.25) is 0 Å². The maximum atomic E-state index is 13.1. The minimum absolute atomic E-state index is 0.156. The van der Waals surface area contributed by atoms with Crippen molar-refractivity contribution in [1.82, 2.24) is 9.78 Å². The summed E-state index contributed by atoms with van der Waals surface area (Å²) in [5.41, 5.74) is 7.33. The Labute approximate surface area is 104 Å². The lowest BCUT2D eigenvalue weighted by molar-refractivity contribution is 0.560. The summed E-state index contributed by atoms with van der Waals surface area (Å²) in [5.74, 6) is 0.129. The molecule has 0 aliphatic carbocycles. The van der Waals surface area contributed by atoms with Gasteiger partial charge in [0.2, 0.25) is 0 Å². The smallest absolute Gasteiger partial charge is 0.141 e. The number of halogens is 2. The number of nitrogens with zero attached hydrogens (tertiary/aromatic N) is 2. The van der Waals surface area contributed by atoms with Crippen molar-refractivity contribution in [3.8, 4) is 0 Å². The van der Waals surface area contributed by atoms with Crippen LogP contribution in [0.5, 0.6) is 0 Å². The van der Waals surface area contributed by atoms with Gasteiger partial charge in [0.25, 0.3) is 0 Å². The fourth-order valence-corrected chi connectivity index (χ4v) is 1.87. The van der Waals surface area contributed by atoms with Crippen molar-refractivity contribution < 1.29 is 4.39 Å². The standard InChI is InChI=1S/C12H13ClFN3/c1-7-11(13)12(15)17(16-7)8(2)9-4-3-5-10(14)6-9/h3-6,8H,15H2,1-2H3. The van der Waals surface area contributed by atoms with Crippen molar-refractivity contribution in [3.05, 3.63) is 46.4 Å². The Morgan fingerprint density at radius 3 is 2.71 bits per heavy atom. The van der Waals surface area contributed by atoms with Gasteiger partial charge in [0.05, 0.1) is 11.7 Å². The Bertz CT molecular complexity index is 551. The molecule has 0 saturated carbocycles. The summed E-state index contributed by atoms with van der Waals surface area (Å²) in [7, 11) is 0. The van der Waals surface area contributed by atoms with Gasteiger partial charge in [-0.05, 0) is 31.5 Å². The number of anilines is 1. The summed E-state index contributed by atoms with van der Waals surface area (Å²) < 4.78 is 14.7. The van der Waals surface area contributed by atoms with Gasteiger partial charge in [0.15, 0.2) is 0 Å². The van der Waals surface area contributed by atoms with E-state index in [1.807, 2.05) is 13.0 Å². The molecule has 0 radical (unpaired) electrons. The van der Waals surface area contributed by atoms with Gasteiger partial charge in [-0.2, -0.15) is 5.10 Å². The number of aryl methyl sites for hydroxylation is 1. The Morgan fingerprint density at radius 2 is 2.18 bits per heavy atom. The van der Waals surface area contributed by atoms with Crippen molar-refractivity contribution in [3.63, 3.8) is 0 Å². The van der Waals surface area contributed by atoms with Crippen LogP contribution >= 0.6 is 11.6 Å². The first-order valence-electron chi connectivity index (χ1n) is 5.26. The van der Waals surface area contributed by atoms with Gasteiger partial charge in [-0.1, -0.05) is 23.7 Å². The molecule has 1 heterocycles. The number of benzene rings is 1. The van der Waals surface area contributed by atoms with E-state index in [-0.39, 0.29) is 11.9 Å². The zero-order chi connectivity index (χ0) is 12.6. The molecule has 1 aromatic carbocycles. The Kier molecular flexibility index (Phi) is 3.07. The van der Waals surface area contributed by atoms with Crippen LogP contribution in [0.15, 0.2) is 24.3 Å². The van der Waals surface area contributed by atoms with E-state index in [0.717, 1.165) is 5.56 Å². The zero-order valence-corrected chi connectivity index (χ0v) is 10.4. The fraction of sp³-hybridized carbons (Fsp3) is 0.250. The monoisotopic (exact) mass is 253 g/mol. The SMILES string of the molecule is Cc1nn(C(C)c2cccc(F)c2)c(N)c1Cl. The van der Waals surface area contributed by atoms with E-state index in [0.29, 0.717) is 16.5 Å². The van der Waals surface area contributed by atoms with Crippen LogP contribution in [0, 0.1) is 12.7 Å². The van der Waals surface area contributed by atoms with Crippen molar-refractivity contribution in [2.75, 3.05) is 5.73 Å². The summed E-state index contributed by atoms with van der Waals surface area (Å²) in [6, 6.07) is 6.21. The summed E-state index contributed by atoms with van der Waals surface area (Å²) in [6.07, 6.45) is 0. The minimum Gasteiger partial charge on any atom is -0.383 e. The van der Waals surface area contributed by atoms with Crippen LogP contribution in [0.25, 0.3) is 0 Å². The number of hydrogen-bond donors (Lipinski definition) is 1. The molecule has 2 aromatic rings. The molecule has 17 heavy (non-hydrogen) atoms. The third-order valence-corrected chi connectivity index (χ3v) is 3.21. The van der Waals surface area contributed by atoms with Crippen molar-refractivity contribution >= 4 is 17.4 Å². The van der Waals surface area contributed by atoms with E-state index in [4.69, 9.17) is 17.3 Å². The highest BCUT2D eigenvalue weighted by molar-refractivity contribution is 6.33. The molecule has 0 aliphatic heterocycles. The summed E-state index contributed by atoms with van der Waals surface area (Å²) in [5, 5.41) is 4.71. The van der Waals surface area contributed by atoms with Crippen molar-refractivity contribution in [2.24, 2.45) is 0 Å². The van der Waals surface area contributed by atoms with Crippen LogP contribution in [0.4, 0.5) is 10.2 Å². The molecule has 0 fully saturated rings. The second-order valence-corrected chi connectivity index (χ2v) is 4.34. The maximum Gasteiger partial charge on any atom is 0.141 e. The molecule has 90 valence electrons. The number of nitrogens with two attached hydrogens (primary N) is 1. The second kappa shape index (κ2) is 4.37. The molecule has 0 amide bonds. The highest BCUT2D eigenvalue weighted by Gasteiger charge is 2.16. The van der Waals surface area contributed by atoms with E-state index in [1.165, 1.54) is 12.1 Å². The topological polar surface area (TPSA) is 43.8 Å². The highest BCUT2D eigenvalue weighted by Crippen LogP contribution is 2.28. The van der Waals surface area contributed by atoms with Gasteiger partial charge >= 0.3 is 0 Å². The summed E-state index contributed by atoms with van der Waals surface area (Å²) in [6.45, 7) is 3.68. The molecule has 1 unspecified atom stereocenters. The first-order chi connectivity index (χ1) is 8.00. The average molecular weight is 254 g/mol. The average Bonchev–Trinajstić information content (AvgIpc) is 2.56. The predicted octanol–water partition coefficient (Wildman–Crippen LogP) is 3.18. The Balaban J connectivity index is 2.43. The molecule has 5 heteroatoms. The number of hydrogen-bond acceptors (Lipinski definition) is 2. The van der Waals surface area contributed by atoms with Crippen LogP contribution in [0.3, 0.4) is 0 Å². The Morgan fingerprint density at radius 1 is 1.47 bits per heavy atom. The van der Waals surface area contributed by atoms with Crippen LogP contribution in [0.2, 0.25) is 5.02 Å². The first-order valence-corrected chi connectivity index (χ1v) is 5.64. The molecule has 2 rings (SSSR count). The van der Waals surface area contributed by atoms with E-state index in [1.54, 1.807) is 17.7 Å². The number of nitrogen functional groups attached to an aromatic ring is 1. The van der Waals surface area contributed by atoms with Crippen LogP contribution in [0.1, 0.15) is 24.2 Å². The number of rotatable bonds is 2. The quantitative estimate of drug-likeness (QED) is 0.893. The van der Waals surface area contributed by atoms with Gasteiger partial charge in [-0.25, -0.2) is 9.07 Å². The lowest BCUT2D eigenvalue weighted by Crippen LogP contribution is -2.11. The molecule has 2 N–H and O–H groups in total. The minimum atomic E-state index is -0.275. The summed E-state index contributed by atoms with van der Waals surface area (Å²) in [4.78, 5) is 0. The lowest BCUT2D eigenvalue weighted by atomic mass is 10.1. The van der Waals surface area contributed by atoms with Crippen LogP contribution < -0.4 is 5.73 Å². The normalized spacial score (nSPS) is 12.7. The van der Waals surface area contributed by atoms with Crippen LogP contribution in [-0.2, 0) is 0 Å². The van der Waals surface area contributed by atoms with Crippen molar-refractivity contribution in [1.29, 1.82) is 0 Å². The van der Waals surface area contributed by atoms with Gasteiger partial charge in [-0.15, -0.1) is 0 Å². The lowest BCUT2D eigenvalue weighted by Gasteiger charge is -2.14. The van der Waals surface area contributed by atoms with E-state index < -0.39 is 0 Å². The molecule has 0 saturated heterocycles. The fourth-order valence-electron chi connectivity index (χ4n) is 1.75. The predicted molar refractivity (Wildman–Crippen MR) is 66.6 cm³/mol. The third-order valence-electron chi connectivity index (χ3n) is 2.75. The van der Waals surface area contributed by atoms with Crippen molar-refractivity contribution in [2.45, 2.75) is 19.9 Å². The molecule has 1 atom stereocenters.